The molecule has 0 N–H and O–H groups in total. The van der Waals surface area contributed by atoms with Gasteiger partial charge in [-0.2, -0.15) is 5.26 Å². The van der Waals surface area contributed by atoms with Crippen molar-refractivity contribution in [3.05, 3.63) is 71.3 Å². The minimum atomic E-state index is -0.721. The van der Waals surface area contributed by atoms with Crippen LogP contribution in [0.25, 0.3) is 10.8 Å². The highest BCUT2D eigenvalue weighted by molar-refractivity contribution is 6.26. The van der Waals surface area contributed by atoms with Crippen molar-refractivity contribution in [2.24, 2.45) is 11.8 Å². The second-order valence-corrected chi connectivity index (χ2v) is 10.5. The Morgan fingerprint density at radius 1 is 1.00 bits per heavy atom. The summed E-state index contributed by atoms with van der Waals surface area (Å²) in [4.78, 5) is 29.2. The average molecular weight is 481 g/mol. The summed E-state index contributed by atoms with van der Waals surface area (Å²) in [6.07, 6.45) is 2.00. The maximum absolute atomic E-state index is 14.0. The van der Waals surface area contributed by atoms with Crippen LogP contribution in [0.5, 0.6) is 5.75 Å². The number of nitriles is 1. The number of benzene rings is 3. The van der Waals surface area contributed by atoms with Crippen LogP contribution in [0.15, 0.2) is 54.6 Å². The van der Waals surface area contributed by atoms with Gasteiger partial charge >= 0.3 is 0 Å². The lowest BCUT2D eigenvalue weighted by molar-refractivity contribution is -0.131. The molecule has 3 saturated heterocycles. The van der Waals surface area contributed by atoms with E-state index in [4.69, 9.17) is 9.47 Å². The van der Waals surface area contributed by atoms with Gasteiger partial charge in [-0.25, -0.2) is 4.90 Å². The van der Waals surface area contributed by atoms with Gasteiger partial charge in [0, 0.05) is 17.2 Å². The number of anilines is 1. The van der Waals surface area contributed by atoms with Gasteiger partial charge in [-0.15, -0.1) is 0 Å². The maximum Gasteiger partial charge on any atom is 0.240 e. The fourth-order valence-electron chi connectivity index (χ4n) is 6.64. The van der Waals surface area contributed by atoms with E-state index >= 15 is 0 Å². The Labute approximate surface area is 210 Å². The molecular weight excluding hydrogens is 452 g/mol. The first-order valence-electron chi connectivity index (χ1n) is 12.5. The molecule has 0 unspecified atom stereocenters. The third-order valence-corrected chi connectivity index (χ3v) is 8.61. The summed E-state index contributed by atoms with van der Waals surface area (Å²) < 4.78 is 12.7. The quantitative estimate of drug-likeness (QED) is 0.468. The number of hydrogen-bond acceptors (Lipinski definition) is 5. The lowest BCUT2D eigenvalue weighted by atomic mass is 9.67. The number of imide groups is 1. The van der Waals surface area contributed by atoms with Crippen molar-refractivity contribution in [2.75, 3.05) is 11.5 Å². The molecule has 3 heterocycles. The molecule has 6 nitrogen and oxygen atoms in total. The molecule has 0 spiro atoms. The van der Waals surface area contributed by atoms with Gasteiger partial charge in [0.15, 0.2) is 0 Å². The molecule has 0 saturated carbocycles. The predicted molar refractivity (Wildman–Crippen MR) is 136 cm³/mol. The lowest BCUT2D eigenvalue weighted by Gasteiger charge is -2.31. The summed E-state index contributed by atoms with van der Waals surface area (Å²) in [5.41, 5.74) is 1.93. The van der Waals surface area contributed by atoms with Crippen molar-refractivity contribution >= 4 is 28.3 Å². The standard InChI is InChI=1S/C30H28N2O4/c1-18-7-6-10-24(19(18)2)35-16-15-30-14-13-29(3,36-30)25-26(30)28(34)32(27(25)33)23-12-11-20(17-31)21-8-4-5-9-22(21)23/h4-12,25-26H,13-16H2,1-3H3/t25-,26+,29-,30-/m0/s1. The van der Waals surface area contributed by atoms with Crippen molar-refractivity contribution in [1.82, 2.24) is 0 Å². The van der Waals surface area contributed by atoms with Crippen molar-refractivity contribution in [1.29, 1.82) is 5.26 Å². The molecule has 6 rings (SSSR count). The fraction of sp³-hybridized carbons (Fsp3) is 0.367. The van der Waals surface area contributed by atoms with Gasteiger partial charge in [0.1, 0.15) is 5.75 Å². The van der Waals surface area contributed by atoms with Crippen LogP contribution < -0.4 is 9.64 Å². The maximum atomic E-state index is 14.0. The monoisotopic (exact) mass is 480 g/mol. The van der Waals surface area contributed by atoms with Crippen LogP contribution in [-0.2, 0) is 14.3 Å². The number of carbonyl (C=O) groups excluding carboxylic acids is 2. The highest BCUT2D eigenvalue weighted by atomic mass is 16.5. The number of amides is 2. The number of hydrogen-bond donors (Lipinski definition) is 0. The molecule has 2 bridgehead atoms. The molecule has 6 heteroatoms. The van der Waals surface area contributed by atoms with Crippen molar-refractivity contribution < 1.29 is 19.1 Å². The Hall–Kier alpha value is -3.69. The number of carbonyl (C=O) groups is 2. The van der Waals surface area contributed by atoms with Crippen molar-refractivity contribution in [3.8, 4) is 11.8 Å². The van der Waals surface area contributed by atoms with E-state index in [0.717, 1.165) is 40.5 Å². The van der Waals surface area contributed by atoms with Crippen LogP contribution in [0, 0.1) is 37.0 Å². The minimum Gasteiger partial charge on any atom is -0.493 e. The smallest absolute Gasteiger partial charge is 0.240 e. The molecule has 4 atom stereocenters. The molecule has 3 aliphatic rings. The van der Waals surface area contributed by atoms with E-state index in [1.807, 2.05) is 50.2 Å². The zero-order valence-corrected chi connectivity index (χ0v) is 20.7. The molecule has 182 valence electrons. The molecule has 3 aromatic rings. The molecule has 0 aliphatic carbocycles. The van der Waals surface area contributed by atoms with Gasteiger partial charge in [-0.1, -0.05) is 36.4 Å². The lowest BCUT2D eigenvalue weighted by Crippen LogP contribution is -2.43. The van der Waals surface area contributed by atoms with Crippen LogP contribution in [-0.4, -0.2) is 29.6 Å². The molecule has 36 heavy (non-hydrogen) atoms. The summed E-state index contributed by atoms with van der Waals surface area (Å²) >= 11 is 0. The zero-order valence-electron chi connectivity index (χ0n) is 20.7. The molecule has 3 fully saturated rings. The van der Waals surface area contributed by atoms with Crippen LogP contribution >= 0.6 is 0 Å². The zero-order chi connectivity index (χ0) is 25.2. The number of rotatable bonds is 5. The summed E-state index contributed by atoms with van der Waals surface area (Å²) in [5, 5.41) is 11.0. The van der Waals surface area contributed by atoms with E-state index in [1.165, 1.54) is 4.90 Å². The molecular formula is C30H28N2O4. The third kappa shape index (κ3) is 3.06. The van der Waals surface area contributed by atoms with Gasteiger partial charge in [0.05, 0.1) is 47.0 Å². The molecule has 0 aromatic heterocycles. The first kappa shape index (κ1) is 22.8. The summed E-state index contributed by atoms with van der Waals surface area (Å²) in [5.74, 6) is -0.648. The number of nitrogens with zero attached hydrogens (tertiary/aromatic N) is 2. The first-order chi connectivity index (χ1) is 17.3. The Kier molecular flexibility index (Phi) is 5.00. The van der Waals surface area contributed by atoms with E-state index < -0.39 is 23.0 Å². The summed E-state index contributed by atoms with van der Waals surface area (Å²) in [6, 6.07) is 19.0. The third-order valence-electron chi connectivity index (χ3n) is 8.61. The van der Waals surface area contributed by atoms with Gasteiger partial charge < -0.3 is 9.47 Å². The highest BCUT2D eigenvalue weighted by Crippen LogP contribution is 2.62. The van der Waals surface area contributed by atoms with Crippen LogP contribution in [0.3, 0.4) is 0 Å². The van der Waals surface area contributed by atoms with E-state index in [-0.39, 0.29) is 11.8 Å². The molecule has 3 aromatic carbocycles. The van der Waals surface area contributed by atoms with Gasteiger partial charge in [0.2, 0.25) is 11.8 Å². The van der Waals surface area contributed by atoms with E-state index in [9.17, 15) is 14.9 Å². The molecule has 3 aliphatic heterocycles. The first-order valence-corrected chi connectivity index (χ1v) is 12.5. The van der Waals surface area contributed by atoms with E-state index in [2.05, 4.69) is 19.1 Å². The topological polar surface area (TPSA) is 79.6 Å². The Balaban J connectivity index is 1.33. The number of ether oxygens (including phenoxy) is 2. The fourth-order valence-corrected chi connectivity index (χ4v) is 6.64. The van der Waals surface area contributed by atoms with Crippen molar-refractivity contribution in [2.45, 2.75) is 51.2 Å². The predicted octanol–water partition coefficient (Wildman–Crippen LogP) is 5.22. The largest absolute Gasteiger partial charge is 0.493 e. The number of aryl methyl sites for hydroxylation is 1. The van der Waals surface area contributed by atoms with Crippen molar-refractivity contribution in [3.63, 3.8) is 0 Å². The Bertz CT molecular complexity index is 1470. The minimum absolute atomic E-state index is 0.209. The normalized spacial score (nSPS) is 28.6. The van der Waals surface area contributed by atoms with Crippen LogP contribution in [0.1, 0.15) is 42.9 Å². The second-order valence-electron chi connectivity index (χ2n) is 10.5. The van der Waals surface area contributed by atoms with Crippen LogP contribution in [0.4, 0.5) is 5.69 Å². The summed E-state index contributed by atoms with van der Waals surface area (Å²) in [6.45, 7) is 6.47. The van der Waals surface area contributed by atoms with E-state index in [0.29, 0.717) is 24.3 Å². The SMILES string of the molecule is Cc1cccc(OCC[C@]23CC[C@](C)(O2)[C@@H]2C(=O)N(c4ccc(C#N)c5ccccc45)C(=O)[C@@H]23)c1C. The average Bonchev–Trinajstić information content (AvgIpc) is 3.45. The van der Waals surface area contributed by atoms with E-state index in [1.54, 1.807) is 12.1 Å². The second kappa shape index (κ2) is 7.91. The van der Waals surface area contributed by atoms with Gasteiger partial charge in [0.25, 0.3) is 0 Å². The van der Waals surface area contributed by atoms with Crippen LogP contribution in [0.2, 0.25) is 0 Å². The Morgan fingerprint density at radius 2 is 1.75 bits per heavy atom. The highest BCUT2D eigenvalue weighted by Gasteiger charge is 2.73. The Morgan fingerprint density at radius 3 is 2.53 bits per heavy atom. The molecule has 2 amide bonds. The molecule has 0 radical (unpaired) electrons. The number of fused-ring (bicyclic) bond motifs is 6. The van der Waals surface area contributed by atoms with Gasteiger partial charge in [-0.05, 0) is 62.9 Å². The summed E-state index contributed by atoms with van der Waals surface area (Å²) in [7, 11) is 0. The van der Waals surface area contributed by atoms with Gasteiger partial charge in [-0.3, -0.25) is 9.59 Å².